The lowest BCUT2D eigenvalue weighted by molar-refractivity contribution is -0.123. The molecular formula is C30H31Cl2N3O6. The molecule has 2 amide bonds. The highest BCUT2D eigenvalue weighted by Crippen LogP contribution is 2.34. The first-order valence-electron chi connectivity index (χ1n) is 13.1. The Labute approximate surface area is 248 Å². The lowest BCUT2D eigenvalue weighted by Gasteiger charge is -2.19. The molecule has 2 N–H and O–H groups in total. The number of hydrazone groups is 1. The number of ether oxygens (including phenoxy) is 4. The lowest BCUT2D eigenvalue weighted by atomic mass is 10.0. The summed E-state index contributed by atoms with van der Waals surface area (Å²) in [4.78, 5) is 25.7. The van der Waals surface area contributed by atoms with Crippen molar-refractivity contribution >= 4 is 41.2 Å². The van der Waals surface area contributed by atoms with Crippen LogP contribution in [0.4, 0.5) is 0 Å². The van der Waals surface area contributed by atoms with E-state index in [-0.39, 0.29) is 23.3 Å². The van der Waals surface area contributed by atoms with Gasteiger partial charge in [0.25, 0.3) is 11.8 Å². The molecule has 3 aromatic carbocycles. The zero-order valence-electron chi connectivity index (χ0n) is 22.9. The molecule has 0 unspecified atom stereocenters. The summed E-state index contributed by atoms with van der Waals surface area (Å²) in [5.41, 5.74) is 4.35. The number of benzene rings is 3. The zero-order valence-corrected chi connectivity index (χ0v) is 24.4. The van der Waals surface area contributed by atoms with Crippen molar-refractivity contribution in [3.63, 3.8) is 0 Å². The van der Waals surface area contributed by atoms with Crippen LogP contribution in [0.5, 0.6) is 23.0 Å². The molecule has 0 spiro atoms. The molecule has 1 aliphatic heterocycles. The van der Waals surface area contributed by atoms with E-state index in [4.69, 9.17) is 42.1 Å². The van der Waals surface area contributed by atoms with Crippen LogP contribution in [0.15, 0.2) is 59.7 Å². The minimum atomic E-state index is -0.822. The molecule has 1 atom stereocenters. The number of fused-ring (bicyclic) bond motifs is 1. The standard InChI is InChI=1S/C30H31Cl2N3O6/c1-4-38-27-12-19(5-9-25(27)39-16-20-6-10-26-28(13-20)41-17-40-26)15-33-35-30(37)24(11-18(2)3)34-29(36)22-8-7-21(31)14-23(22)32/h5-10,12-15,18,24H,4,11,16-17H2,1-3H3,(H,34,36)(H,35,37)/b33-15-/t24-/m1/s1. The van der Waals surface area contributed by atoms with Gasteiger partial charge in [0, 0.05) is 5.02 Å². The van der Waals surface area contributed by atoms with Crippen molar-refractivity contribution in [2.75, 3.05) is 13.4 Å². The van der Waals surface area contributed by atoms with Gasteiger partial charge in [-0.3, -0.25) is 9.59 Å². The van der Waals surface area contributed by atoms with E-state index in [2.05, 4.69) is 15.8 Å². The predicted octanol–water partition coefficient (Wildman–Crippen LogP) is 5.99. The monoisotopic (exact) mass is 599 g/mol. The van der Waals surface area contributed by atoms with E-state index in [1.165, 1.54) is 18.3 Å². The smallest absolute Gasteiger partial charge is 0.262 e. The van der Waals surface area contributed by atoms with E-state index in [0.29, 0.717) is 53.2 Å². The Morgan fingerprint density at radius 2 is 1.80 bits per heavy atom. The van der Waals surface area contributed by atoms with E-state index in [1.54, 1.807) is 24.3 Å². The maximum absolute atomic E-state index is 12.9. The topological polar surface area (TPSA) is 107 Å². The van der Waals surface area contributed by atoms with Gasteiger partial charge in [-0.1, -0.05) is 43.1 Å². The fourth-order valence-corrected chi connectivity index (χ4v) is 4.54. The number of amides is 2. The molecule has 1 heterocycles. The number of rotatable bonds is 12. The van der Waals surface area contributed by atoms with E-state index in [1.807, 2.05) is 39.0 Å². The Kier molecular flexibility index (Phi) is 10.3. The van der Waals surface area contributed by atoms with Crippen LogP contribution in [-0.4, -0.2) is 37.5 Å². The summed E-state index contributed by atoms with van der Waals surface area (Å²) in [7, 11) is 0. The van der Waals surface area contributed by atoms with Gasteiger partial charge in [-0.25, -0.2) is 5.43 Å². The van der Waals surface area contributed by atoms with Gasteiger partial charge in [0.15, 0.2) is 23.0 Å². The van der Waals surface area contributed by atoms with Gasteiger partial charge in [-0.15, -0.1) is 0 Å². The van der Waals surface area contributed by atoms with Crippen molar-refractivity contribution in [1.82, 2.24) is 10.7 Å². The molecule has 9 nitrogen and oxygen atoms in total. The second-order valence-electron chi connectivity index (χ2n) is 9.63. The molecule has 0 saturated carbocycles. The summed E-state index contributed by atoms with van der Waals surface area (Å²) in [5, 5.41) is 7.45. The highest BCUT2D eigenvalue weighted by atomic mass is 35.5. The fraction of sp³-hybridized carbons (Fsp3) is 0.300. The number of carbonyl (C=O) groups is 2. The molecule has 4 rings (SSSR count). The van der Waals surface area contributed by atoms with Crippen LogP contribution >= 0.6 is 23.2 Å². The Morgan fingerprint density at radius 3 is 2.56 bits per heavy atom. The second kappa shape index (κ2) is 14.1. The summed E-state index contributed by atoms with van der Waals surface area (Å²) in [6.45, 7) is 6.75. The van der Waals surface area contributed by atoms with E-state index in [9.17, 15) is 9.59 Å². The molecule has 3 aromatic rings. The van der Waals surface area contributed by atoms with Crippen LogP contribution in [0.25, 0.3) is 0 Å². The molecule has 0 aromatic heterocycles. The van der Waals surface area contributed by atoms with Gasteiger partial charge < -0.3 is 24.3 Å². The molecule has 0 fully saturated rings. The van der Waals surface area contributed by atoms with Gasteiger partial charge >= 0.3 is 0 Å². The summed E-state index contributed by atoms with van der Waals surface area (Å²) < 4.78 is 22.5. The fourth-order valence-electron chi connectivity index (χ4n) is 4.05. The van der Waals surface area contributed by atoms with Crippen LogP contribution in [0.3, 0.4) is 0 Å². The van der Waals surface area contributed by atoms with Gasteiger partial charge in [-0.2, -0.15) is 5.10 Å². The molecule has 0 bridgehead atoms. The third-order valence-electron chi connectivity index (χ3n) is 5.99. The number of nitrogens with one attached hydrogen (secondary N) is 2. The lowest BCUT2D eigenvalue weighted by Crippen LogP contribution is -2.46. The maximum atomic E-state index is 12.9. The first-order chi connectivity index (χ1) is 19.7. The molecular weight excluding hydrogens is 569 g/mol. The Morgan fingerprint density at radius 1 is 1.00 bits per heavy atom. The van der Waals surface area contributed by atoms with Crippen molar-refractivity contribution in [3.05, 3.63) is 81.3 Å². The third-order valence-corrected chi connectivity index (χ3v) is 6.54. The first kappa shape index (κ1) is 30.0. The average molecular weight is 600 g/mol. The number of halogens is 2. The number of nitrogens with zero attached hydrogens (tertiary/aromatic N) is 1. The number of carbonyl (C=O) groups excluding carboxylic acids is 2. The molecule has 0 aliphatic carbocycles. The molecule has 41 heavy (non-hydrogen) atoms. The average Bonchev–Trinajstić information content (AvgIpc) is 3.40. The number of hydrogen-bond acceptors (Lipinski definition) is 7. The minimum absolute atomic E-state index is 0.134. The summed E-state index contributed by atoms with van der Waals surface area (Å²) in [5.74, 6) is 1.70. The van der Waals surface area contributed by atoms with Crippen LogP contribution < -0.4 is 29.7 Å². The van der Waals surface area contributed by atoms with Gasteiger partial charge in [-0.05, 0) is 78.9 Å². The Hall–Kier alpha value is -3.95. The van der Waals surface area contributed by atoms with Crippen LogP contribution in [-0.2, 0) is 11.4 Å². The molecule has 216 valence electrons. The molecule has 0 radical (unpaired) electrons. The van der Waals surface area contributed by atoms with Crippen molar-refractivity contribution in [3.8, 4) is 23.0 Å². The summed E-state index contributed by atoms with van der Waals surface area (Å²) in [6, 6.07) is 14.7. The predicted molar refractivity (Wildman–Crippen MR) is 157 cm³/mol. The largest absolute Gasteiger partial charge is 0.490 e. The van der Waals surface area contributed by atoms with Crippen molar-refractivity contribution in [1.29, 1.82) is 0 Å². The molecule has 0 saturated heterocycles. The second-order valence-corrected chi connectivity index (χ2v) is 10.5. The molecule has 11 heteroatoms. The minimum Gasteiger partial charge on any atom is -0.490 e. The maximum Gasteiger partial charge on any atom is 0.262 e. The van der Waals surface area contributed by atoms with Crippen molar-refractivity contribution in [2.45, 2.75) is 39.8 Å². The van der Waals surface area contributed by atoms with Gasteiger partial charge in [0.2, 0.25) is 6.79 Å². The highest BCUT2D eigenvalue weighted by Gasteiger charge is 2.23. The van der Waals surface area contributed by atoms with E-state index >= 15 is 0 Å². The van der Waals surface area contributed by atoms with E-state index in [0.717, 1.165) is 5.56 Å². The van der Waals surface area contributed by atoms with E-state index < -0.39 is 17.9 Å². The van der Waals surface area contributed by atoms with Crippen LogP contribution in [0.2, 0.25) is 10.0 Å². The quantitative estimate of drug-likeness (QED) is 0.195. The first-order valence-corrected chi connectivity index (χ1v) is 13.9. The van der Waals surface area contributed by atoms with Crippen molar-refractivity contribution < 1.29 is 28.5 Å². The SMILES string of the molecule is CCOc1cc(/C=N\NC(=O)[C@@H](CC(C)C)NC(=O)c2ccc(Cl)cc2Cl)ccc1OCc1ccc2c(c1)OCO2. The summed E-state index contributed by atoms with van der Waals surface area (Å²) >= 11 is 12.1. The Bertz CT molecular complexity index is 1430. The highest BCUT2D eigenvalue weighted by molar-refractivity contribution is 6.36. The van der Waals surface area contributed by atoms with Crippen LogP contribution in [0, 0.1) is 5.92 Å². The summed E-state index contributed by atoms with van der Waals surface area (Å²) in [6.07, 6.45) is 1.90. The number of hydrogen-bond donors (Lipinski definition) is 2. The molecule has 1 aliphatic rings. The zero-order chi connectivity index (χ0) is 29.4. The van der Waals surface area contributed by atoms with Crippen LogP contribution in [0.1, 0.15) is 48.7 Å². The Balaban J connectivity index is 1.39. The van der Waals surface area contributed by atoms with Gasteiger partial charge in [0.05, 0.1) is 23.4 Å². The normalized spacial score (nSPS) is 12.8. The third kappa shape index (κ3) is 8.28. The van der Waals surface area contributed by atoms with Crippen molar-refractivity contribution in [2.24, 2.45) is 11.0 Å². The van der Waals surface area contributed by atoms with Gasteiger partial charge in [0.1, 0.15) is 12.6 Å².